The Hall–Kier alpha value is -2.09. The van der Waals surface area contributed by atoms with Gasteiger partial charge in [0, 0.05) is 6.26 Å². The van der Waals surface area contributed by atoms with Crippen LogP contribution in [0.3, 0.4) is 0 Å². The summed E-state index contributed by atoms with van der Waals surface area (Å²) < 4.78 is 27.6. The van der Waals surface area contributed by atoms with Gasteiger partial charge < -0.3 is 15.4 Å². The van der Waals surface area contributed by atoms with Gasteiger partial charge in [0.15, 0.2) is 15.2 Å². The van der Waals surface area contributed by atoms with E-state index in [0.29, 0.717) is 0 Å². The molecule has 1 saturated heterocycles. The van der Waals surface area contributed by atoms with Gasteiger partial charge in [0.25, 0.3) is 0 Å². The number of rotatable bonds is 4. The van der Waals surface area contributed by atoms with Crippen LogP contribution in [0.25, 0.3) is 0 Å². The number of carbonyl (C=O) groups excluding carboxylic acids is 2. The molecule has 1 aromatic rings. The summed E-state index contributed by atoms with van der Waals surface area (Å²) in [6.07, 6.45) is 0.156. The van der Waals surface area contributed by atoms with Gasteiger partial charge >= 0.3 is 6.09 Å². The monoisotopic (exact) mass is 298 g/mol. The second kappa shape index (κ2) is 5.49. The molecule has 0 unspecified atom stereocenters. The molecule has 2 atom stereocenters. The lowest BCUT2D eigenvalue weighted by atomic mass is 10.1. The number of amides is 2. The van der Waals surface area contributed by atoms with Gasteiger partial charge in [-0.25, -0.2) is 13.2 Å². The molecule has 20 heavy (non-hydrogen) atoms. The molecule has 1 aliphatic rings. The first-order valence-electron chi connectivity index (χ1n) is 5.84. The lowest BCUT2D eigenvalue weighted by Crippen LogP contribution is -2.71. The molecule has 1 fully saturated rings. The molecule has 0 bridgehead atoms. The zero-order valence-corrected chi connectivity index (χ0v) is 11.5. The van der Waals surface area contributed by atoms with Crippen molar-refractivity contribution in [3.05, 3.63) is 35.9 Å². The van der Waals surface area contributed by atoms with Gasteiger partial charge in [0.1, 0.15) is 12.6 Å². The number of carbonyl (C=O) groups is 2. The van der Waals surface area contributed by atoms with Crippen LogP contribution in [0.4, 0.5) is 4.79 Å². The molecule has 0 aliphatic carbocycles. The molecule has 1 aromatic carbocycles. The van der Waals surface area contributed by atoms with Crippen LogP contribution in [0.2, 0.25) is 0 Å². The highest BCUT2D eigenvalue weighted by atomic mass is 32.2. The van der Waals surface area contributed by atoms with Crippen molar-refractivity contribution in [2.75, 3.05) is 6.26 Å². The molecular formula is C12H14N2O5S. The first kappa shape index (κ1) is 14.3. The Kier molecular flexibility index (Phi) is 3.93. The van der Waals surface area contributed by atoms with Gasteiger partial charge in [0.05, 0.1) is 0 Å². The van der Waals surface area contributed by atoms with Crippen LogP contribution in [-0.2, 0) is 26.0 Å². The number of ether oxygens (including phenoxy) is 1. The molecule has 0 spiro atoms. The lowest BCUT2D eigenvalue weighted by molar-refractivity contribution is -0.129. The van der Waals surface area contributed by atoms with E-state index < -0.39 is 33.3 Å². The molecule has 0 saturated carbocycles. The number of β-lactam (4-membered cyclic amide) rings is 1. The number of benzene rings is 1. The van der Waals surface area contributed by atoms with E-state index in [1.165, 1.54) is 0 Å². The Balaban J connectivity index is 1.87. The first-order valence-corrected chi connectivity index (χ1v) is 7.80. The molecule has 2 amide bonds. The molecule has 2 N–H and O–H groups in total. The smallest absolute Gasteiger partial charge is 0.408 e. The summed E-state index contributed by atoms with van der Waals surface area (Å²) in [6.45, 7) is 0.0462. The fourth-order valence-electron chi connectivity index (χ4n) is 1.74. The maximum atomic E-state index is 11.5. The summed E-state index contributed by atoms with van der Waals surface area (Å²) >= 11 is 0. The fourth-order valence-corrected chi connectivity index (χ4v) is 2.76. The van der Waals surface area contributed by atoms with E-state index in [1.807, 2.05) is 6.07 Å². The third kappa shape index (κ3) is 3.27. The predicted molar refractivity (Wildman–Crippen MR) is 70.3 cm³/mol. The van der Waals surface area contributed by atoms with Crippen LogP contribution in [-0.4, -0.2) is 38.1 Å². The Bertz CT molecular complexity index is 614. The average molecular weight is 298 g/mol. The van der Waals surface area contributed by atoms with Crippen LogP contribution in [0.5, 0.6) is 0 Å². The number of hydrogen-bond donors (Lipinski definition) is 2. The average Bonchev–Trinajstić information content (AvgIpc) is 2.40. The van der Waals surface area contributed by atoms with Gasteiger partial charge in [-0.3, -0.25) is 4.79 Å². The van der Waals surface area contributed by atoms with Crippen molar-refractivity contribution in [3.63, 3.8) is 0 Å². The predicted octanol–water partition coefficient (Wildman–Crippen LogP) is -0.218. The van der Waals surface area contributed by atoms with Gasteiger partial charge in [-0.15, -0.1) is 0 Å². The molecule has 0 aromatic heterocycles. The highest BCUT2D eigenvalue weighted by molar-refractivity contribution is 7.91. The van der Waals surface area contributed by atoms with Crippen LogP contribution in [0.1, 0.15) is 5.56 Å². The zero-order valence-electron chi connectivity index (χ0n) is 10.7. The Morgan fingerprint density at radius 1 is 1.35 bits per heavy atom. The van der Waals surface area contributed by atoms with Crippen molar-refractivity contribution in [1.82, 2.24) is 10.6 Å². The summed E-state index contributed by atoms with van der Waals surface area (Å²) in [5, 5.41) is 3.36. The molecule has 7 nitrogen and oxygen atoms in total. The van der Waals surface area contributed by atoms with Crippen molar-refractivity contribution >= 4 is 21.8 Å². The molecule has 8 heteroatoms. The van der Waals surface area contributed by atoms with E-state index in [0.717, 1.165) is 11.8 Å². The minimum absolute atomic E-state index is 0.0462. The third-order valence-corrected chi connectivity index (χ3v) is 4.13. The van der Waals surface area contributed by atoms with E-state index >= 15 is 0 Å². The summed E-state index contributed by atoms with van der Waals surface area (Å²) in [4.78, 5) is 22.8. The number of nitrogens with one attached hydrogen (secondary N) is 2. The van der Waals surface area contributed by atoms with Crippen molar-refractivity contribution in [2.24, 2.45) is 0 Å². The molecule has 1 heterocycles. The van der Waals surface area contributed by atoms with Crippen LogP contribution in [0.15, 0.2) is 30.3 Å². The van der Waals surface area contributed by atoms with Crippen LogP contribution < -0.4 is 10.6 Å². The van der Waals surface area contributed by atoms with Gasteiger partial charge in [-0.1, -0.05) is 30.3 Å². The van der Waals surface area contributed by atoms with Crippen molar-refractivity contribution in [2.45, 2.75) is 18.0 Å². The minimum atomic E-state index is -3.46. The molecule has 108 valence electrons. The van der Waals surface area contributed by atoms with Crippen molar-refractivity contribution in [3.8, 4) is 0 Å². The fraction of sp³-hybridized carbons (Fsp3) is 0.333. The summed E-state index contributed by atoms with van der Waals surface area (Å²) in [7, 11) is -3.46. The highest BCUT2D eigenvalue weighted by Gasteiger charge is 2.46. The zero-order chi connectivity index (χ0) is 14.8. The topological polar surface area (TPSA) is 102 Å². The Labute approximate surface area is 116 Å². The van der Waals surface area contributed by atoms with E-state index in [9.17, 15) is 18.0 Å². The summed E-state index contributed by atoms with van der Waals surface area (Å²) in [5.74, 6) is -0.544. The van der Waals surface area contributed by atoms with Crippen LogP contribution in [0, 0.1) is 0 Å². The quantitative estimate of drug-likeness (QED) is 0.748. The largest absolute Gasteiger partial charge is 0.445 e. The lowest BCUT2D eigenvalue weighted by Gasteiger charge is -2.34. The summed E-state index contributed by atoms with van der Waals surface area (Å²) in [6, 6.07) is 7.89. The highest BCUT2D eigenvalue weighted by Crippen LogP contribution is 2.12. The van der Waals surface area contributed by atoms with Crippen LogP contribution >= 0.6 is 0 Å². The standard InChI is InChI=1S/C12H14N2O5S/c1-20(17,18)11-9(10(15)14-11)13-12(16)19-7-8-5-3-2-4-6-8/h2-6,9,11H,7H2,1H3,(H,13,16)(H,14,15)/t9-,11+/m1/s1. The second-order valence-corrected chi connectivity index (χ2v) is 6.61. The minimum Gasteiger partial charge on any atom is -0.445 e. The van der Waals surface area contributed by atoms with E-state index in [1.54, 1.807) is 24.3 Å². The van der Waals surface area contributed by atoms with E-state index in [-0.39, 0.29) is 6.61 Å². The molecule has 1 aliphatic heterocycles. The Morgan fingerprint density at radius 3 is 2.55 bits per heavy atom. The maximum Gasteiger partial charge on any atom is 0.408 e. The van der Waals surface area contributed by atoms with E-state index in [2.05, 4.69) is 10.6 Å². The maximum absolute atomic E-state index is 11.5. The van der Waals surface area contributed by atoms with Gasteiger partial charge in [-0.2, -0.15) is 0 Å². The second-order valence-electron chi connectivity index (χ2n) is 4.44. The van der Waals surface area contributed by atoms with E-state index in [4.69, 9.17) is 4.74 Å². The number of sulfone groups is 1. The van der Waals surface area contributed by atoms with Crippen molar-refractivity contribution in [1.29, 1.82) is 0 Å². The third-order valence-electron chi connectivity index (χ3n) is 2.82. The normalized spacial score (nSPS) is 21.6. The SMILES string of the molecule is CS(=O)(=O)[C@@H]1NC(=O)[C@H]1NC(=O)OCc1ccccc1. The first-order chi connectivity index (χ1) is 9.38. The molecule has 2 rings (SSSR count). The van der Waals surface area contributed by atoms with Gasteiger partial charge in [-0.05, 0) is 5.56 Å². The summed E-state index contributed by atoms with van der Waals surface area (Å²) in [5.41, 5.74) is 0.792. The van der Waals surface area contributed by atoms with Gasteiger partial charge in [0.2, 0.25) is 5.91 Å². The Morgan fingerprint density at radius 2 is 2.00 bits per heavy atom. The number of hydrogen-bond acceptors (Lipinski definition) is 5. The molecule has 0 radical (unpaired) electrons. The molecular weight excluding hydrogens is 284 g/mol. The number of alkyl carbamates (subject to hydrolysis) is 1. The van der Waals surface area contributed by atoms with Crippen molar-refractivity contribution < 1.29 is 22.7 Å².